The molecule has 0 unspecified atom stereocenters. The number of furan rings is 1. The van der Waals surface area contributed by atoms with Crippen molar-refractivity contribution in [3.8, 4) is 11.1 Å². The Morgan fingerprint density at radius 3 is 2.65 bits per heavy atom. The van der Waals surface area contributed by atoms with Gasteiger partial charge in [0.05, 0.1) is 6.26 Å². The zero-order valence-corrected chi connectivity index (χ0v) is 10.2. The van der Waals surface area contributed by atoms with E-state index in [2.05, 4.69) is 4.99 Å². The summed E-state index contributed by atoms with van der Waals surface area (Å²) < 4.78 is 30.3. The van der Waals surface area contributed by atoms with Crippen molar-refractivity contribution in [2.45, 2.75) is 6.43 Å². The summed E-state index contributed by atoms with van der Waals surface area (Å²) in [6.07, 6.45) is -1.57. The molecule has 1 heterocycles. The van der Waals surface area contributed by atoms with Crippen LogP contribution in [0.5, 0.6) is 0 Å². The van der Waals surface area contributed by atoms with Crippen molar-refractivity contribution in [2.24, 2.45) is 16.5 Å². The highest BCUT2D eigenvalue weighted by atomic mass is 19.3. The van der Waals surface area contributed by atoms with E-state index in [0.29, 0.717) is 5.56 Å². The Morgan fingerprint density at radius 2 is 2.00 bits per heavy atom. The maximum absolute atomic E-state index is 12.8. The minimum absolute atomic E-state index is 0.192. The molecular weight excluding hydrogens is 268 g/mol. The lowest BCUT2D eigenvalue weighted by atomic mass is 10.0. The molecule has 5 nitrogen and oxygen atoms in total. The number of benzene rings is 1. The number of alkyl halides is 2. The lowest BCUT2D eigenvalue weighted by Crippen LogP contribution is -2.24. The molecule has 20 heavy (non-hydrogen) atoms. The van der Waals surface area contributed by atoms with Gasteiger partial charge < -0.3 is 15.9 Å². The second-order valence-electron chi connectivity index (χ2n) is 3.92. The molecule has 0 bridgehead atoms. The first-order valence-electron chi connectivity index (χ1n) is 5.59. The van der Waals surface area contributed by atoms with Gasteiger partial charge in [-0.1, -0.05) is 12.1 Å². The predicted molar refractivity (Wildman–Crippen MR) is 69.2 cm³/mol. The lowest BCUT2D eigenvalue weighted by Gasteiger charge is -2.03. The molecule has 0 atom stereocenters. The molecule has 0 fully saturated rings. The van der Waals surface area contributed by atoms with E-state index in [4.69, 9.17) is 15.9 Å². The van der Waals surface area contributed by atoms with Crippen molar-refractivity contribution in [3.05, 3.63) is 47.9 Å². The molecule has 104 valence electrons. The monoisotopic (exact) mass is 279 g/mol. The Bertz CT molecular complexity index is 661. The first-order valence-corrected chi connectivity index (χ1v) is 5.59. The maximum atomic E-state index is 12.8. The highest BCUT2D eigenvalue weighted by Crippen LogP contribution is 2.32. The first kappa shape index (κ1) is 13.7. The number of hydrogen-bond donors (Lipinski definition) is 2. The van der Waals surface area contributed by atoms with E-state index in [-0.39, 0.29) is 17.1 Å². The van der Waals surface area contributed by atoms with Crippen molar-refractivity contribution in [1.82, 2.24) is 0 Å². The van der Waals surface area contributed by atoms with Gasteiger partial charge in [-0.05, 0) is 23.8 Å². The van der Waals surface area contributed by atoms with Gasteiger partial charge in [0.1, 0.15) is 0 Å². The number of halogens is 2. The molecule has 0 saturated heterocycles. The molecule has 0 radical (unpaired) electrons. The molecular formula is C13H11F2N3O2. The van der Waals surface area contributed by atoms with Crippen molar-refractivity contribution in [2.75, 3.05) is 0 Å². The SMILES string of the molecule is NC(N)=NC(=O)c1cccc(-c2ccoc2C(F)F)c1. The second kappa shape index (κ2) is 5.52. The molecule has 1 aromatic heterocycles. The summed E-state index contributed by atoms with van der Waals surface area (Å²) in [4.78, 5) is 15.1. The Morgan fingerprint density at radius 1 is 1.25 bits per heavy atom. The Hall–Kier alpha value is -2.70. The molecule has 0 saturated carbocycles. The third-order valence-corrected chi connectivity index (χ3v) is 2.54. The minimum Gasteiger partial charge on any atom is -0.463 e. The molecule has 2 rings (SSSR count). The fourth-order valence-corrected chi connectivity index (χ4v) is 1.73. The van der Waals surface area contributed by atoms with Crippen LogP contribution in [0, 0.1) is 0 Å². The van der Waals surface area contributed by atoms with Gasteiger partial charge in [0, 0.05) is 11.1 Å². The van der Waals surface area contributed by atoms with Crippen molar-refractivity contribution in [1.29, 1.82) is 0 Å². The maximum Gasteiger partial charge on any atom is 0.296 e. The van der Waals surface area contributed by atoms with E-state index < -0.39 is 18.1 Å². The Kier molecular flexibility index (Phi) is 3.79. The molecule has 1 amide bonds. The van der Waals surface area contributed by atoms with E-state index in [0.717, 1.165) is 0 Å². The molecule has 0 aliphatic rings. The highest BCUT2D eigenvalue weighted by Gasteiger charge is 2.18. The fourth-order valence-electron chi connectivity index (χ4n) is 1.73. The third kappa shape index (κ3) is 2.82. The van der Waals surface area contributed by atoms with Crippen molar-refractivity contribution in [3.63, 3.8) is 0 Å². The van der Waals surface area contributed by atoms with Crippen LogP contribution in [0.4, 0.5) is 8.78 Å². The van der Waals surface area contributed by atoms with Crippen LogP contribution in [-0.2, 0) is 0 Å². The normalized spacial score (nSPS) is 10.6. The molecule has 7 heteroatoms. The number of aliphatic imine (C=N–C) groups is 1. The quantitative estimate of drug-likeness (QED) is 0.665. The van der Waals surface area contributed by atoms with E-state index in [1.807, 2.05) is 0 Å². The van der Waals surface area contributed by atoms with Gasteiger partial charge in [0.25, 0.3) is 12.3 Å². The number of hydrogen-bond acceptors (Lipinski definition) is 2. The zero-order chi connectivity index (χ0) is 14.7. The van der Waals surface area contributed by atoms with Crippen LogP contribution in [0.2, 0.25) is 0 Å². The van der Waals surface area contributed by atoms with Crippen LogP contribution in [0.15, 0.2) is 46.0 Å². The summed E-state index contributed by atoms with van der Waals surface area (Å²) in [6.45, 7) is 0. The van der Waals surface area contributed by atoms with Crippen molar-refractivity contribution < 1.29 is 18.0 Å². The number of nitrogens with two attached hydrogens (primary N) is 2. The average Bonchev–Trinajstić information content (AvgIpc) is 2.87. The van der Waals surface area contributed by atoms with Gasteiger partial charge in [0.2, 0.25) is 0 Å². The van der Waals surface area contributed by atoms with Crippen LogP contribution in [0.25, 0.3) is 11.1 Å². The van der Waals surface area contributed by atoms with Gasteiger partial charge in [-0.2, -0.15) is 4.99 Å². The minimum atomic E-state index is -2.74. The third-order valence-electron chi connectivity index (χ3n) is 2.54. The molecule has 2 aromatic rings. The first-order chi connectivity index (χ1) is 9.49. The van der Waals surface area contributed by atoms with E-state index >= 15 is 0 Å². The molecule has 1 aromatic carbocycles. The standard InChI is InChI=1S/C13H11F2N3O2/c14-11(15)10-9(4-5-20-10)7-2-1-3-8(6-7)12(19)18-13(16)17/h1-6,11H,(H4,16,17,18,19). The van der Waals surface area contributed by atoms with Gasteiger partial charge in [0.15, 0.2) is 11.7 Å². The number of carbonyl (C=O) groups excluding carboxylic acids is 1. The number of guanidine groups is 1. The summed E-state index contributed by atoms with van der Waals surface area (Å²) >= 11 is 0. The summed E-state index contributed by atoms with van der Waals surface area (Å²) in [5, 5.41) is 0. The van der Waals surface area contributed by atoms with E-state index in [9.17, 15) is 13.6 Å². The summed E-state index contributed by atoms with van der Waals surface area (Å²) in [7, 11) is 0. The lowest BCUT2D eigenvalue weighted by molar-refractivity contribution is 0.100. The van der Waals surface area contributed by atoms with Crippen molar-refractivity contribution >= 4 is 11.9 Å². The van der Waals surface area contributed by atoms with Crippen LogP contribution in [-0.4, -0.2) is 11.9 Å². The van der Waals surface area contributed by atoms with Crippen LogP contribution >= 0.6 is 0 Å². The Balaban J connectivity index is 2.42. The molecule has 0 aliphatic carbocycles. The van der Waals surface area contributed by atoms with Gasteiger partial charge in [-0.25, -0.2) is 8.78 Å². The number of rotatable bonds is 3. The van der Waals surface area contributed by atoms with Crippen LogP contribution < -0.4 is 11.5 Å². The number of amides is 1. The largest absolute Gasteiger partial charge is 0.463 e. The topological polar surface area (TPSA) is 94.6 Å². The van der Waals surface area contributed by atoms with Gasteiger partial charge >= 0.3 is 0 Å². The zero-order valence-electron chi connectivity index (χ0n) is 10.2. The average molecular weight is 279 g/mol. The van der Waals surface area contributed by atoms with Gasteiger partial charge in [-0.15, -0.1) is 0 Å². The number of carbonyl (C=O) groups is 1. The smallest absolute Gasteiger partial charge is 0.296 e. The summed E-state index contributed by atoms with van der Waals surface area (Å²) in [5.74, 6) is -1.46. The predicted octanol–water partition coefficient (Wildman–Crippen LogP) is 2.30. The molecule has 0 aliphatic heterocycles. The molecule has 0 spiro atoms. The van der Waals surface area contributed by atoms with E-state index in [1.54, 1.807) is 12.1 Å². The molecule has 4 N–H and O–H groups in total. The van der Waals surface area contributed by atoms with Crippen LogP contribution in [0.3, 0.4) is 0 Å². The highest BCUT2D eigenvalue weighted by molar-refractivity contribution is 6.02. The number of nitrogens with zero attached hydrogens (tertiary/aromatic N) is 1. The fraction of sp³-hybridized carbons (Fsp3) is 0.0769. The van der Waals surface area contributed by atoms with Crippen LogP contribution in [0.1, 0.15) is 22.5 Å². The van der Waals surface area contributed by atoms with Gasteiger partial charge in [-0.3, -0.25) is 4.79 Å². The summed E-state index contributed by atoms with van der Waals surface area (Å²) in [5.41, 5.74) is 11.1. The van der Waals surface area contributed by atoms with E-state index in [1.165, 1.54) is 24.5 Å². The summed E-state index contributed by atoms with van der Waals surface area (Å²) in [6, 6.07) is 7.45. The Labute approximate surface area is 112 Å². The second-order valence-corrected chi connectivity index (χ2v) is 3.92.